The van der Waals surface area contributed by atoms with Gasteiger partial charge >= 0.3 is 5.97 Å². The summed E-state index contributed by atoms with van der Waals surface area (Å²) in [7, 11) is 0. The molecule has 10 heteroatoms. The number of ether oxygens (including phenoxy) is 1. The number of aromatic nitrogens is 4. The summed E-state index contributed by atoms with van der Waals surface area (Å²) in [6.45, 7) is 6.30. The predicted octanol–water partition coefficient (Wildman–Crippen LogP) is 5.16. The van der Waals surface area contributed by atoms with Crippen LogP contribution in [0.2, 0.25) is 0 Å². The van der Waals surface area contributed by atoms with Gasteiger partial charge in [-0.1, -0.05) is 48.2 Å². The lowest BCUT2D eigenvalue weighted by Gasteiger charge is -2.08. The molecule has 4 aromatic rings. The van der Waals surface area contributed by atoms with Gasteiger partial charge in [0.25, 0.3) is 0 Å². The summed E-state index contributed by atoms with van der Waals surface area (Å²) in [4.78, 5) is 30.6. The molecule has 3 aromatic heterocycles. The molecule has 8 nitrogen and oxygen atoms in total. The van der Waals surface area contributed by atoms with Gasteiger partial charge in [-0.25, -0.2) is 4.79 Å². The first kappa shape index (κ1) is 24.4. The molecule has 0 fully saturated rings. The molecule has 0 unspecified atom stereocenters. The molecule has 0 atom stereocenters. The average molecular weight is 506 g/mol. The monoisotopic (exact) mass is 505 g/mol. The van der Waals surface area contributed by atoms with Gasteiger partial charge in [-0.15, -0.1) is 28.1 Å². The van der Waals surface area contributed by atoms with Gasteiger partial charge in [0.1, 0.15) is 4.88 Å². The van der Waals surface area contributed by atoms with E-state index in [9.17, 15) is 9.59 Å². The minimum Gasteiger partial charge on any atom is -0.462 e. The van der Waals surface area contributed by atoms with E-state index < -0.39 is 5.97 Å². The van der Waals surface area contributed by atoms with E-state index in [0.717, 1.165) is 16.0 Å². The lowest BCUT2D eigenvalue weighted by molar-refractivity contribution is -0.113. The van der Waals surface area contributed by atoms with E-state index in [2.05, 4.69) is 27.1 Å². The number of thiophene rings is 1. The highest BCUT2D eigenvalue weighted by Crippen LogP contribution is 2.35. The van der Waals surface area contributed by atoms with Crippen molar-refractivity contribution in [1.82, 2.24) is 19.7 Å². The first-order valence-corrected chi connectivity index (χ1v) is 12.6. The van der Waals surface area contributed by atoms with Crippen LogP contribution in [-0.2, 0) is 16.1 Å². The maximum atomic E-state index is 12.8. The van der Waals surface area contributed by atoms with Crippen LogP contribution in [0.5, 0.6) is 0 Å². The molecule has 1 aromatic carbocycles. The van der Waals surface area contributed by atoms with Crippen LogP contribution in [0.3, 0.4) is 0 Å². The highest BCUT2D eigenvalue weighted by Gasteiger charge is 2.21. The SMILES string of the molecule is C=CCn1c(SCC(=O)Nc2cc(-c3ccccc3)sc2C(=O)OCC)nnc1-c1ccncc1. The van der Waals surface area contributed by atoms with Crippen molar-refractivity contribution in [2.75, 3.05) is 17.7 Å². The van der Waals surface area contributed by atoms with Crippen molar-refractivity contribution in [2.24, 2.45) is 0 Å². The smallest absolute Gasteiger partial charge is 0.350 e. The summed E-state index contributed by atoms with van der Waals surface area (Å²) in [5.74, 6) is 0.0294. The molecule has 0 bridgehead atoms. The van der Waals surface area contributed by atoms with Crippen LogP contribution < -0.4 is 5.32 Å². The van der Waals surface area contributed by atoms with Gasteiger partial charge in [-0.2, -0.15) is 0 Å². The predicted molar refractivity (Wildman–Crippen MR) is 139 cm³/mol. The summed E-state index contributed by atoms with van der Waals surface area (Å²) in [5.41, 5.74) is 2.26. The maximum Gasteiger partial charge on any atom is 0.350 e. The second-order valence-electron chi connectivity index (χ2n) is 7.22. The Bertz CT molecular complexity index is 1320. The fourth-order valence-corrected chi connectivity index (χ4v) is 5.06. The first-order chi connectivity index (χ1) is 17.1. The number of hydrogen-bond donors (Lipinski definition) is 1. The van der Waals surface area contributed by atoms with Crippen LogP contribution in [0.4, 0.5) is 5.69 Å². The number of esters is 1. The molecule has 35 heavy (non-hydrogen) atoms. The number of benzene rings is 1. The number of nitrogens with zero attached hydrogens (tertiary/aromatic N) is 4. The Kier molecular flexibility index (Phi) is 8.07. The number of hydrogen-bond acceptors (Lipinski definition) is 8. The highest BCUT2D eigenvalue weighted by molar-refractivity contribution is 7.99. The summed E-state index contributed by atoms with van der Waals surface area (Å²) < 4.78 is 7.09. The number of rotatable bonds is 10. The standard InChI is InChI=1S/C25H23N5O3S2/c1-3-14-30-23(18-10-12-26-13-11-18)28-29-25(30)34-16-21(31)27-19-15-20(17-8-6-5-7-9-17)35-22(19)24(32)33-4-2/h3,5-13,15H,1,4,14,16H2,2H3,(H,27,31). The lowest BCUT2D eigenvalue weighted by Crippen LogP contribution is -2.16. The average Bonchev–Trinajstić information content (AvgIpc) is 3.48. The molecule has 0 spiro atoms. The van der Waals surface area contributed by atoms with E-state index >= 15 is 0 Å². The van der Waals surface area contributed by atoms with Crippen LogP contribution in [-0.4, -0.2) is 44.0 Å². The first-order valence-electron chi connectivity index (χ1n) is 10.8. The van der Waals surface area contributed by atoms with Crippen molar-refractivity contribution in [3.63, 3.8) is 0 Å². The van der Waals surface area contributed by atoms with Gasteiger partial charge in [0.05, 0.1) is 18.0 Å². The lowest BCUT2D eigenvalue weighted by atomic mass is 10.2. The number of carbonyl (C=O) groups excluding carboxylic acids is 2. The number of amides is 1. The van der Waals surface area contributed by atoms with Crippen LogP contribution in [0.1, 0.15) is 16.6 Å². The fourth-order valence-electron chi connectivity index (χ4n) is 3.30. The summed E-state index contributed by atoms with van der Waals surface area (Å²) in [6, 6.07) is 15.2. The van der Waals surface area contributed by atoms with Crippen LogP contribution in [0.15, 0.2) is 78.7 Å². The second kappa shape index (κ2) is 11.6. The largest absolute Gasteiger partial charge is 0.462 e. The molecule has 0 saturated heterocycles. The number of pyridine rings is 1. The molecule has 1 N–H and O–H groups in total. The minimum atomic E-state index is -0.463. The molecule has 0 aliphatic carbocycles. The number of nitrogens with one attached hydrogen (secondary N) is 1. The molecule has 178 valence electrons. The highest BCUT2D eigenvalue weighted by atomic mass is 32.2. The summed E-state index contributed by atoms with van der Waals surface area (Å²) in [6.07, 6.45) is 5.13. The van der Waals surface area contributed by atoms with E-state index in [-0.39, 0.29) is 18.3 Å². The molecular weight excluding hydrogens is 482 g/mol. The molecule has 3 heterocycles. The molecule has 1 amide bonds. The number of anilines is 1. The molecule has 4 rings (SSSR count). The minimum absolute atomic E-state index is 0.0877. The molecular formula is C25H23N5O3S2. The summed E-state index contributed by atoms with van der Waals surface area (Å²) in [5, 5.41) is 12.0. The quantitative estimate of drug-likeness (QED) is 0.180. The Morgan fingerprint density at radius 1 is 1.14 bits per heavy atom. The van der Waals surface area contributed by atoms with E-state index in [1.807, 2.05) is 47.0 Å². The van der Waals surface area contributed by atoms with E-state index in [1.54, 1.807) is 31.5 Å². The van der Waals surface area contributed by atoms with E-state index in [0.29, 0.717) is 28.1 Å². The van der Waals surface area contributed by atoms with E-state index in [1.165, 1.54) is 23.1 Å². The normalized spacial score (nSPS) is 10.7. The van der Waals surface area contributed by atoms with Crippen molar-refractivity contribution in [3.8, 4) is 21.8 Å². The van der Waals surface area contributed by atoms with Gasteiger partial charge in [0.15, 0.2) is 11.0 Å². The van der Waals surface area contributed by atoms with Gasteiger partial charge in [0, 0.05) is 29.4 Å². The molecule has 0 aliphatic rings. The zero-order valence-electron chi connectivity index (χ0n) is 19.0. The number of carbonyl (C=O) groups is 2. The van der Waals surface area contributed by atoms with Crippen LogP contribution in [0, 0.1) is 0 Å². The summed E-state index contributed by atoms with van der Waals surface area (Å²) >= 11 is 2.55. The van der Waals surface area contributed by atoms with Gasteiger partial charge in [-0.05, 0) is 30.7 Å². The fraction of sp³-hybridized carbons (Fsp3) is 0.160. The Labute approximate surface area is 211 Å². The van der Waals surface area contributed by atoms with Crippen molar-refractivity contribution in [3.05, 3.63) is 78.5 Å². The third kappa shape index (κ3) is 5.84. The third-order valence-electron chi connectivity index (χ3n) is 4.82. The molecule has 0 saturated carbocycles. The van der Waals surface area contributed by atoms with Crippen molar-refractivity contribution in [1.29, 1.82) is 0 Å². The molecule has 0 radical (unpaired) electrons. The Morgan fingerprint density at radius 3 is 2.63 bits per heavy atom. The van der Waals surface area contributed by atoms with Crippen molar-refractivity contribution < 1.29 is 14.3 Å². The maximum absolute atomic E-state index is 12.8. The van der Waals surface area contributed by atoms with Crippen LogP contribution in [0.25, 0.3) is 21.8 Å². The Hall–Kier alpha value is -3.76. The Balaban J connectivity index is 1.51. The topological polar surface area (TPSA) is 99.0 Å². The van der Waals surface area contributed by atoms with Crippen molar-refractivity contribution in [2.45, 2.75) is 18.6 Å². The zero-order chi connectivity index (χ0) is 24.6. The number of thioether (sulfide) groups is 1. The second-order valence-corrected chi connectivity index (χ2v) is 9.21. The molecule has 0 aliphatic heterocycles. The Morgan fingerprint density at radius 2 is 1.91 bits per heavy atom. The van der Waals surface area contributed by atoms with Gasteiger partial charge in [-0.3, -0.25) is 14.3 Å². The van der Waals surface area contributed by atoms with Gasteiger partial charge < -0.3 is 10.1 Å². The third-order valence-corrected chi connectivity index (χ3v) is 6.96. The van der Waals surface area contributed by atoms with Crippen molar-refractivity contribution >= 4 is 40.7 Å². The van der Waals surface area contributed by atoms with Crippen LogP contribution >= 0.6 is 23.1 Å². The van der Waals surface area contributed by atoms with Gasteiger partial charge in [0.2, 0.25) is 5.91 Å². The van der Waals surface area contributed by atoms with E-state index in [4.69, 9.17) is 4.74 Å². The zero-order valence-corrected chi connectivity index (χ0v) is 20.6. The number of allylic oxidation sites excluding steroid dienone is 1.